The smallest absolute Gasteiger partial charge is 0.193 e. The highest BCUT2D eigenvalue weighted by Crippen LogP contribution is 2.29. The van der Waals surface area contributed by atoms with Crippen LogP contribution in [0.25, 0.3) is 10.8 Å². The van der Waals surface area contributed by atoms with Crippen molar-refractivity contribution in [1.82, 2.24) is 0 Å². The summed E-state index contributed by atoms with van der Waals surface area (Å²) in [6.45, 7) is 1.99. The maximum Gasteiger partial charge on any atom is 0.193 e. The monoisotopic (exact) mass is 276 g/mol. The lowest BCUT2D eigenvalue weighted by Crippen LogP contribution is -2.03. The van der Waals surface area contributed by atoms with Crippen molar-refractivity contribution in [3.63, 3.8) is 0 Å². The molecule has 0 aliphatic rings. The maximum absolute atomic E-state index is 12.8. The Bertz CT molecular complexity index is 819. The predicted octanol–water partition coefficient (Wildman–Crippen LogP) is 4.39. The van der Waals surface area contributed by atoms with E-state index in [9.17, 15) is 4.79 Å². The van der Waals surface area contributed by atoms with Crippen LogP contribution >= 0.6 is 0 Å². The van der Waals surface area contributed by atoms with E-state index in [4.69, 9.17) is 4.74 Å². The third-order valence-electron chi connectivity index (χ3n) is 3.63. The van der Waals surface area contributed by atoms with E-state index in [-0.39, 0.29) is 5.78 Å². The second-order valence-electron chi connectivity index (χ2n) is 5.06. The van der Waals surface area contributed by atoms with Crippen LogP contribution in [0.2, 0.25) is 0 Å². The molecule has 3 aromatic rings. The SMILES string of the molecule is COc1ccc(C(=O)c2cccc(C)c2)c2ccccc12. The van der Waals surface area contributed by atoms with Gasteiger partial charge in [-0.25, -0.2) is 0 Å². The first-order chi connectivity index (χ1) is 10.2. The van der Waals surface area contributed by atoms with Gasteiger partial charge in [-0.1, -0.05) is 48.0 Å². The molecule has 0 atom stereocenters. The van der Waals surface area contributed by atoms with Crippen molar-refractivity contribution in [2.24, 2.45) is 0 Å². The van der Waals surface area contributed by atoms with Crippen molar-refractivity contribution in [3.05, 3.63) is 77.4 Å². The third-order valence-corrected chi connectivity index (χ3v) is 3.63. The Hall–Kier alpha value is -2.61. The van der Waals surface area contributed by atoms with Gasteiger partial charge in [-0.3, -0.25) is 4.79 Å². The number of aryl methyl sites for hydroxylation is 1. The Balaban J connectivity index is 2.19. The lowest BCUT2D eigenvalue weighted by molar-refractivity contribution is 0.104. The molecule has 0 aromatic heterocycles. The van der Waals surface area contributed by atoms with Gasteiger partial charge in [0.2, 0.25) is 0 Å². The van der Waals surface area contributed by atoms with E-state index in [0.717, 1.165) is 22.1 Å². The number of hydrogen-bond donors (Lipinski definition) is 0. The van der Waals surface area contributed by atoms with Crippen molar-refractivity contribution >= 4 is 16.6 Å². The largest absolute Gasteiger partial charge is 0.496 e. The molecular formula is C19H16O2. The summed E-state index contributed by atoms with van der Waals surface area (Å²) < 4.78 is 5.38. The highest BCUT2D eigenvalue weighted by atomic mass is 16.5. The number of carbonyl (C=O) groups excluding carboxylic acids is 1. The number of benzene rings is 3. The van der Waals surface area contributed by atoms with Gasteiger partial charge >= 0.3 is 0 Å². The Morgan fingerprint density at radius 3 is 2.38 bits per heavy atom. The molecule has 21 heavy (non-hydrogen) atoms. The minimum absolute atomic E-state index is 0.0394. The van der Waals surface area contributed by atoms with Gasteiger partial charge in [0.05, 0.1) is 7.11 Å². The molecule has 0 N–H and O–H groups in total. The van der Waals surface area contributed by atoms with Crippen molar-refractivity contribution in [2.75, 3.05) is 7.11 Å². The van der Waals surface area contributed by atoms with Crippen LogP contribution < -0.4 is 4.74 Å². The normalized spacial score (nSPS) is 10.6. The molecule has 0 aliphatic carbocycles. The summed E-state index contributed by atoms with van der Waals surface area (Å²) in [6, 6.07) is 19.2. The molecule has 0 fully saturated rings. The van der Waals surface area contributed by atoms with E-state index in [1.165, 1.54) is 0 Å². The van der Waals surface area contributed by atoms with Gasteiger partial charge in [0, 0.05) is 16.5 Å². The molecular weight excluding hydrogens is 260 g/mol. The van der Waals surface area contributed by atoms with Gasteiger partial charge in [-0.2, -0.15) is 0 Å². The summed E-state index contributed by atoms with van der Waals surface area (Å²) in [5.74, 6) is 0.823. The quantitative estimate of drug-likeness (QED) is 0.663. The molecule has 3 aromatic carbocycles. The molecule has 2 heteroatoms. The predicted molar refractivity (Wildman–Crippen MR) is 85.1 cm³/mol. The first-order valence-corrected chi connectivity index (χ1v) is 6.88. The average Bonchev–Trinajstić information content (AvgIpc) is 2.53. The van der Waals surface area contributed by atoms with Crippen LogP contribution in [0.4, 0.5) is 0 Å². The molecule has 0 bridgehead atoms. The van der Waals surface area contributed by atoms with E-state index in [0.29, 0.717) is 11.1 Å². The molecule has 0 spiro atoms. The van der Waals surface area contributed by atoms with Crippen molar-refractivity contribution in [3.8, 4) is 5.75 Å². The van der Waals surface area contributed by atoms with Crippen LogP contribution in [-0.4, -0.2) is 12.9 Å². The lowest BCUT2D eigenvalue weighted by atomic mass is 9.96. The maximum atomic E-state index is 12.8. The standard InChI is InChI=1S/C19H16O2/c1-13-6-5-7-14(12-13)19(20)17-10-11-18(21-2)16-9-4-3-8-15(16)17/h3-12H,1-2H3. The fourth-order valence-electron chi connectivity index (χ4n) is 2.59. The molecule has 0 saturated heterocycles. The minimum Gasteiger partial charge on any atom is -0.496 e. The zero-order chi connectivity index (χ0) is 14.8. The van der Waals surface area contributed by atoms with E-state index in [1.54, 1.807) is 7.11 Å². The van der Waals surface area contributed by atoms with Gasteiger partial charge in [0.15, 0.2) is 5.78 Å². The van der Waals surface area contributed by atoms with Crippen molar-refractivity contribution in [1.29, 1.82) is 0 Å². The summed E-state index contributed by atoms with van der Waals surface area (Å²) in [6.07, 6.45) is 0. The topological polar surface area (TPSA) is 26.3 Å². The molecule has 0 unspecified atom stereocenters. The zero-order valence-corrected chi connectivity index (χ0v) is 12.1. The number of methoxy groups -OCH3 is 1. The molecule has 0 saturated carbocycles. The van der Waals surface area contributed by atoms with Crippen molar-refractivity contribution < 1.29 is 9.53 Å². The van der Waals surface area contributed by atoms with Crippen LogP contribution in [0.1, 0.15) is 21.5 Å². The van der Waals surface area contributed by atoms with Crippen LogP contribution in [0.15, 0.2) is 60.7 Å². The summed E-state index contributed by atoms with van der Waals surface area (Å²) in [5.41, 5.74) is 2.50. The van der Waals surface area contributed by atoms with E-state index in [2.05, 4.69) is 0 Å². The Labute approximate surface area is 124 Å². The number of fused-ring (bicyclic) bond motifs is 1. The van der Waals surface area contributed by atoms with Crippen molar-refractivity contribution in [2.45, 2.75) is 6.92 Å². The molecule has 0 aliphatic heterocycles. The first-order valence-electron chi connectivity index (χ1n) is 6.88. The lowest BCUT2D eigenvalue weighted by Gasteiger charge is -2.10. The van der Waals surface area contributed by atoms with Gasteiger partial charge in [-0.05, 0) is 30.5 Å². The molecule has 2 nitrogen and oxygen atoms in total. The molecule has 104 valence electrons. The van der Waals surface area contributed by atoms with Gasteiger partial charge < -0.3 is 4.74 Å². The summed E-state index contributed by atoms with van der Waals surface area (Å²) in [5, 5.41) is 1.88. The van der Waals surface area contributed by atoms with Gasteiger partial charge in [0.25, 0.3) is 0 Å². The van der Waals surface area contributed by atoms with E-state index >= 15 is 0 Å². The Kier molecular flexibility index (Phi) is 3.44. The molecule has 0 heterocycles. The summed E-state index contributed by atoms with van der Waals surface area (Å²) in [4.78, 5) is 12.8. The molecule has 0 amide bonds. The Morgan fingerprint density at radius 2 is 1.67 bits per heavy atom. The second-order valence-corrected chi connectivity index (χ2v) is 5.06. The Morgan fingerprint density at radius 1 is 0.905 bits per heavy atom. The van der Waals surface area contributed by atoms with Crippen LogP contribution in [-0.2, 0) is 0 Å². The fourth-order valence-corrected chi connectivity index (χ4v) is 2.59. The highest BCUT2D eigenvalue weighted by Gasteiger charge is 2.14. The number of ketones is 1. The first kappa shape index (κ1) is 13.4. The van der Waals surface area contributed by atoms with Crippen LogP contribution in [0, 0.1) is 6.92 Å². The number of ether oxygens (including phenoxy) is 1. The number of rotatable bonds is 3. The van der Waals surface area contributed by atoms with Crippen LogP contribution in [0.5, 0.6) is 5.75 Å². The van der Waals surface area contributed by atoms with Gasteiger partial charge in [0.1, 0.15) is 5.75 Å². The number of hydrogen-bond acceptors (Lipinski definition) is 2. The van der Waals surface area contributed by atoms with E-state index < -0.39 is 0 Å². The second kappa shape index (κ2) is 5.41. The minimum atomic E-state index is 0.0394. The third kappa shape index (κ3) is 2.40. The summed E-state index contributed by atoms with van der Waals surface area (Å²) >= 11 is 0. The molecule has 0 radical (unpaired) electrons. The van der Waals surface area contributed by atoms with Gasteiger partial charge in [-0.15, -0.1) is 0 Å². The average molecular weight is 276 g/mol. The fraction of sp³-hybridized carbons (Fsp3) is 0.105. The molecule has 3 rings (SSSR count). The van der Waals surface area contributed by atoms with E-state index in [1.807, 2.05) is 67.6 Å². The highest BCUT2D eigenvalue weighted by molar-refractivity contribution is 6.17. The van der Waals surface area contributed by atoms with Crippen LogP contribution in [0.3, 0.4) is 0 Å². The summed E-state index contributed by atoms with van der Waals surface area (Å²) in [7, 11) is 1.64. The zero-order valence-electron chi connectivity index (χ0n) is 12.1. The number of carbonyl (C=O) groups is 1.